The number of hydrogen-bond donors (Lipinski definition) is 2. The van der Waals surface area contributed by atoms with Gasteiger partial charge in [0.2, 0.25) is 0 Å². The minimum atomic E-state index is -0.538. The lowest BCUT2D eigenvalue weighted by Crippen LogP contribution is -2.52. The molecule has 1 aromatic rings. The van der Waals surface area contributed by atoms with E-state index in [0.29, 0.717) is 38.2 Å². The maximum Gasteiger partial charge on any atom is 0.146 e. The summed E-state index contributed by atoms with van der Waals surface area (Å²) in [5.41, 5.74) is 2.65. The van der Waals surface area contributed by atoms with Gasteiger partial charge in [-0.1, -0.05) is 0 Å². The summed E-state index contributed by atoms with van der Waals surface area (Å²) in [5, 5.41) is 0. The second kappa shape index (κ2) is 6.38. The van der Waals surface area contributed by atoms with Crippen molar-refractivity contribution in [2.24, 2.45) is 5.84 Å². The van der Waals surface area contributed by atoms with Gasteiger partial charge in [-0.2, -0.15) is 0 Å². The van der Waals surface area contributed by atoms with Crippen LogP contribution in [0.3, 0.4) is 0 Å². The first-order valence-electron chi connectivity index (χ1n) is 6.51. The number of aromatic nitrogens is 1. The highest BCUT2D eigenvalue weighted by molar-refractivity contribution is 5.21. The van der Waals surface area contributed by atoms with Crippen molar-refractivity contribution < 1.29 is 13.9 Å². The molecule has 0 aliphatic carbocycles. The van der Waals surface area contributed by atoms with E-state index in [1.54, 1.807) is 12.3 Å². The third-order valence-corrected chi connectivity index (χ3v) is 3.58. The van der Waals surface area contributed by atoms with Gasteiger partial charge in [0, 0.05) is 44.4 Å². The number of ether oxygens (including phenoxy) is 2. The largest absolute Gasteiger partial charge is 0.381 e. The molecular weight excluding hydrogens is 249 g/mol. The fraction of sp³-hybridized carbons (Fsp3) is 0.615. The Kier molecular flexibility index (Phi) is 4.81. The number of nitrogens with zero attached hydrogens (tertiary/aromatic N) is 1. The first kappa shape index (κ1) is 14.3. The molecule has 1 fully saturated rings. The molecule has 0 aromatic carbocycles. The van der Waals surface area contributed by atoms with Crippen LogP contribution >= 0.6 is 0 Å². The van der Waals surface area contributed by atoms with Crippen molar-refractivity contribution in [1.29, 1.82) is 0 Å². The monoisotopic (exact) mass is 269 g/mol. The Hall–Kier alpha value is -1.08. The van der Waals surface area contributed by atoms with Crippen LogP contribution < -0.4 is 11.3 Å². The summed E-state index contributed by atoms with van der Waals surface area (Å²) < 4.78 is 25.2. The van der Waals surface area contributed by atoms with E-state index in [1.165, 1.54) is 6.20 Å². The van der Waals surface area contributed by atoms with Gasteiger partial charge in [0.15, 0.2) is 0 Å². The third-order valence-electron chi connectivity index (χ3n) is 3.58. The van der Waals surface area contributed by atoms with Crippen molar-refractivity contribution in [3.63, 3.8) is 0 Å². The van der Waals surface area contributed by atoms with Crippen molar-refractivity contribution in [1.82, 2.24) is 10.4 Å². The Labute approximate surface area is 112 Å². The molecule has 1 unspecified atom stereocenters. The standard InChI is InChI=1S/C13H20FN3O2/c1-2-19-13(4-7-18-8-5-13)12(17-15)10-3-6-16-9-11(10)14/h3,6,9,12,17H,2,4-5,7-8,15H2,1H3. The third kappa shape index (κ3) is 2.92. The van der Waals surface area contributed by atoms with Gasteiger partial charge < -0.3 is 9.47 Å². The van der Waals surface area contributed by atoms with E-state index in [9.17, 15) is 4.39 Å². The van der Waals surface area contributed by atoms with Crippen molar-refractivity contribution in [3.8, 4) is 0 Å². The van der Waals surface area contributed by atoms with E-state index in [-0.39, 0.29) is 5.82 Å². The normalized spacial score (nSPS) is 20.2. The summed E-state index contributed by atoms with van der Waals surface area (Å²) >= 11 is 0. The van der Waals surface area contributed by atoms with Crippen LogP contribution in [0.15, 0.2) is 18.5 Å². The van der Waals surface area contributed by atoms with E-state index >= 15 is 0 Å². The molecule has 6 heteroatoms. The zero-order valence-corrected chi connectivity index (χ0v) is 11.1. The molecule has 3 N–H and O–H groups in total. The Morgan fingerprint density at radius 2 is 2.32 bits per heavy atom. The Morgan fingerprint density at radius 1 is 1.58 bits per heavy atom. The zero-order valence-electron chi connectivity index (χ0n) is 11.1. The van der Waals surface area contributed by atoms with Gasteiger partial charge in [-0.25, -0.2) is 9.82 Å². The van der Waals surface area contributed by atoms with Crippen LogP contribution in [0.2, 0.25) is 0 Å². The second-order valence-corrected chi connectivity index (χ2v) is 4.61. The summed E-state index contributed by atoms with van der Waals surface area (Å²) in [4.78, 5) is 3.77. The SMILES string of the molecule is CCOC1(C(NN)c2ccncc2F)CCOCC1. The smallest absolute Gasteiger partial charge is 0.146 e. The highest BCUT2D eigenvalue weighted by Gasteiger charge is 2.42. The zero-order chi connectivity index (χ0) is 13.7. The molecule has 0 spiro atoms. The molecule has 1 aliphatic rings. The lowest BCUT2D eigenvalue weighted by atomic mass is 9.82. The van der Waals surface area contributed by atoms with Crippen LogP contribution in [0.25, 0.3) is 0 Å². The van der Waals surface area contributed by atoms with Crippen molar-refractivity contribution in [3.05, 3.63) is 29.8 Å². The van der Waals surface area contributed by atoms with Gasteiger partial charge in [0.25, 0.3) is 0 Å². The molecule has 0 amide bonds. The molecule has 1 atom stereocenters. The summed E-state index contributed by atoms with van der Waals surface area (Å²) in [6.45, 7) is 3.65. The quantitative estimate of drug-likeness (QED) is 0.623. The van der Waals surface area contributed by atoms with Gasteiger partial charge in [-0.3, -0.25) is 10.8 Å². The molecule has 0 radical (unpaired) electrons. The molecule has 1 aliphatic heterocycles. The van der Waals surface area contributed by atoms with Crippen LogP contribution in [0.1, 0.15) is 31.4 Å². The summed E-state index contributed by atoms with van der Waals surface area (Å²) in [5.74, 6) is 5.28. The Balaban J connectivity index is 2.34. The van der Waals surface area contributed by atoms with Gasteiger partial charge >= 0.3 is 0 Å². The van der Waals surface area contributed by atoms with Gasteiger partial charge in [0.05, 0.1) is 17.8 Å². The Bertz CT molecular complexity index is 405. The number of nitrogens with one attached hydrogen (secondary N) is 1. The first-order valence-corrected chi connectivity index (χ1v) is 6.51. The molecule has 0 bridgehead atoms. The highest BCUT2D eigenvalue weighted by Crippen LogP contribution is 2.38. The lowest BCUT2D eigenvalue weighted by molar-refractivity contribution is -0.128. The molecule has 5 nitrogen and oxygen atoms in total. The van der Waals surface area contributed by atoms with Crippen LogP contribution in [0.5, 0.6) is 0 Å². The van der Waals surface area contributed by atoms with Crippen LogP contribution in [0, 0.1) is 5.82 Å². The first-order chi connectivity index (χ1) is 9.23. The maximum absolute atomic E-state index is 13.9. The van der Waals surface area contributed by atoms with E-state index in [2.05, 4.69) is 10.4 Å². The van der Waals surface area contributed by atoms with E-state index in [4.69, 9.17) is 15.3 Å². The van der Waals surface area contributed by atoms with Crippen LogP contribution in [-0.4, -0.2) is 30.4 Å². The minimum absolute atomic E-state index is 0.379. The summed E-state index contributed by atoms with van der Waals surface area (Å²) in [6.07, 6.45) is 4.11. The highest BCUT2D eigenvalue weighted by atomic mass is 19.1. The van der Waals surface area contributed by atoms with Crippen molar-refractivity contribution >= 4 is 0 Å². The number of halogens is 1. The number of hydrogen-bond acceptors (Lipinski definition) is 5. The van der Waals surface area contributed by atoms with Crippen LogP contribution in [0.4, 0.5) is 4.39 Å². The fourth-order valence-corrected chi connectivity index (χ4v) is 2.67. The molecule has 106 valence electrons. The van der Waals surface area contributed by atoms with Gasteiger partial charge in [0.1, 0.15) is 5.82 Å². The predicted molar refractivity (Wildman–Crippen MR) is 68.7 cm³/mol. The van der Waals surface area contributed by atoms with Gasteiger partial charge in [-0.05, 0) is 13.0 Å². The topological polar surface area (TPSA) is 69.4 Å². The van der Waals surface area contributed by atoms with Crippen LogP contribution in [-0.2, 0) is 9.47 Å². The molecule has 1 aromatic heterocycles. The summed E-state index contributed by atoms with van der Waals surface area (Å²) in [6, 6.07) is 1.22. The summed E-state index contributed by atoms with van der Waals surface area (Å²) in [7, 11) is 0. The average Bonchev–Trinajstić information content (AvgIpc) is 2.43. The number of pyridine rings is 1. The van der Waals surface area contributed by atoms with E-state index < -0.39 is 11.6 Å². The molecular formula is C13H20FN3O2. The predicted octanol–water partition coefficient (Wildman–Crippen LogP) is 1.31. The molecule has 0 saturated carbocycles. The molecule has 1 saturated heterocycles. The second-order valence-electron chi connectivity index (χ2n) is 4.61. The van der Waals surface area contributed by atoms with E-state index in [0.717, 1.165) is 0 Å². The van der Waals surface area contributed by atoms with Gasteiger partial charge in [-0.15, -0.1) is 0 Å². The number of hydrazine groups is 1. The maximum atomic E-state index is 13.9. The van der Waals surface area contributed by atoms with Crippen molar-refractivity contribution in [2.75, 3.05) is 19.8 Å². The minimum Gasteiger partial charge on any atom is -0.381 e. The molecule has 2 heterocycles. The molecule has 2 rings (SSSR count). The Morgan fingerprint density at radius 3 is 2.89 bits per heavy atom. The molecule has 19 heavy (non-hydrogen) atoms. The van der Waals surface area contributed by atoms with Crippen molar-refractivity contribution in [2.45, 2.75) is 31.4 Å². The average molecular weight is 269 g/mol. The fourth-order valence-electron chi connectivity index (χ4n) is 2.67. The number of rotatable bonds is 5. The number of nitrogens with two attached hydrogens (primary N) is 1. The lowest BCUT2D eigenvalue weighted by Gasteiger charge is -2.42. The van der Waals surface area contributed by atoms with E-state index in [1.807, 2.05) is 6.92 Å².